The summed E-state index contributed by atoms with van der Waals surface area (Å²) in [5.41, 5.74) is -1.01. The normalized spacial score (nSPS) is 30.8. The van der Waals surface area contributed by atoms with E-state index in [1.807, 2.05) is 0 Å². The largest absolute Gasteiger partial charge is 0.416 e. The fourth-order valence-corrected chi connectivity index (χ4v) is 6.26. The first-order chi connectivity index (χ1) is 10.4. The van der Waals surface area contributed by atoms with E-state index in [1.54, 1.807) is 0 Å². The van der Waals surface area contributed by atoms with Crippen LogP contribution in [0.15, 0.2) is 29.2 Å². The van der Waals surface area contributed by atoms with E-state index in [0.717, 1.165) is 37.1 Å². The maximum Gasteiger partial charge on any atom is 0.416 e. The van der Waals surface area contributed by atoms with Crippen molar-refractivity contribution in [1.29, 1.82) is 0 Å². The third kappa shape index (κ3) is 2.67. The number of sulfonamides is 1. The van der Waals surface area contributed by atoms with Crippen LogP contribution in [0.25, 0.3) is 0 Å². The highest BCUT2D eigenvalue weighted by atomic mass is 32.2. The summed E-state index contributed by atoms with van der Waals surface area (Å²) in [5.74, 6) is 0. The SMILES string of the molecule is CC12CC(N(S(=O)(=O)c3ccc(C(F)(F)F)cc3)C1)C(C)(C)C2. The van der Waals surface area contributed by atoms with Crippen LogP contribution in [0.4, 0.5) is 13.2 Å². The molecule has 1 aromatic carbocycles. The Morgan fingerprint density at radius 1 is 1.13 bits per heavy atom. The van der Waals surface area contributed by atoms with Crippen molar-refractivity contribution in [2.75, 3.05) is 6.54 Å². The van der Waals surface area contributed by atoms with Gasteiger partial charge in [0.05, 0.1) is 10.5 Å². The molecule has 1 saturated carbocycles. The van der Waals surface area contributed by atoms with E-state index in [2.05, 4.69) is 20.8 Å². The van der Waals surface area contributed by atoms with E-state index < -0.39 is 21.8 Å². The Kier molecular flexibility index (Phi) is 3.44. The van der Waals surface area contributed by atoms with Gasteiger partial charge in [-0.25, -0.2) is 8.42 Å². The van der Waals surface area contributed by atoms with Gasteiger partial charge in [-0.1, -0.05) is 20.8 Å². The molecule has 0 N–H and O–H groups in total. The van der Waals surface area contributed by atoms with Gasteiger partial charge >= 0.3 is 6.18 Å². The number of hydrogen-bond donors (Lipinski definition) is 0. The van der Waals surface area contributed by atoms with Gasteiger partial charge in [-0.05, 0) is 47.9 Å². The van der Waals surface area contributed by atoms with Crippen molar-refractivity contribution in [3.8, 4) is 0 Å². The van der Waals surface area contributed by atoms with Crippen LogP contribution in [0.2, 0.25) is 0 Å². The molecular formula is C16H20F3NO2S. The third-order valence-electron chi connectivity index (χ3n) is 5.14. The van der Waals surface area contributed by atoms with Gasteiger partial charge in [-0.15, -0.1) is 0 Å². The number of benzene rings is 1. The van der Waals surface area contributed by atoms with E-state index in [9.17, 15) is 21.6 Å². The van der Waals surface area contributed by atoms with E-state index in [1.165, 1.54) is 4.31 Å². The fourth-order valence-electron chi connectivity index (χ4n) is 4.34. The highest BCUT2D eigenvalue weighted by Gasteiger charge is 2.59. The van der Waals surface area contributed by atoms with Gasteiger partial charge in [-0.3, -0.25) is 0 Å². The summed E-state index contributed by atoms with van der Waals surface area (Å²) >= 11 is 0. The zero-order valence-corrected chi connectivity index (χ0v) is 14.1. The second-order valence-electron chi connectivity index (χ2n) is 7.77. The number of rotatable bonds is 2. The molecule has 1 aromatic rings. The summed E-state index contributed by atoms with van der Waals surface area (Å²) in [7, 11) is -3.77. The quantitative estimate of drug-likeness (QED) is 0.813. The molecule has 2 atom stereocenters. The molecule has 2 fully saturated rings. The molecular weight excluding hydrogens is 327 g/mol. The van der Waals surface area contributed by atoms with Crippen LogP contribution in [0.5, 0.6) is 0 Å². The van der Waals surface area contributed by atoms with Gasteiger partial charge in [0.15, 0.2) is 0 Å². The molecule has 1 saturated heterocycles. The standard InChI is InChI=1S/C16H20F3NO2S/c1-14(2)9-15(3)8-13(14)20(10-15)23(21,22)12-6-4-11(5-7-12)16(17,18)19/h4-7,13H,8-10H2,1-3H3. The first-order valence-corrected chi connectivity index (χ1v) is 8.98. The lowest BCUT2D eigenvalue weighted by atomic mass is 9.80. The van der Waals surface area contributed by atoms with Crippen molar-refractivity contribution >= 4 is 10.0 Å². The number of nitrogens with zero attached hydrogens (tertiary/aromatic N) is 1. The minimum atomic E-state index is -4.47. The van der Waals surface area contributed by atoms with Crippen molar-refractivity contribution in [2.24, 2.45) is 10.8 Å². The maximum atomic E-state index is 12.9. The zero-order chi connectivity index (χ0) is 17.3. The number of halogens is 3. The molecule has 3 rings (SSSR count). The summed E-state index contributed by atoms with van der Waals surface area (Å²) in [6.45, 7) is 6.62. The van der Waals surface area contributed by atoms with E-state index in [4.69, 9.17) is 0 Å². The summed E-state index contributed by atoms with van der Waals surface area (Å²) < 4.78 is 65.1. The lowest BCUT2D eigenvalue weighted by molar-refractivity contribution is -0.137. The topological polar surface area (TPSA) is 37.4 Å². The van der Waals surface area contributed by atoms with Crippen molar-refractivity contribution in [3.63, 3.8) is 0 Å². The average molecular weight is 347 g/mol. The molecule has 128 valence electrons. The summed E-state index contributed by atoms with van der Waals surface area (Å²) in [4.78, 5) is -0.0718. The molecule has 0 radical (unpaired) electrons. The molecule has 3 nitrogen and oxygen atoms in total. The van der Waals surface area contributed by atoms with Crippen LogP contribution in [-0.4, -0.2) is 25.3 Å². The number of piperidine rings is 1. The van der Waals surface area contributed by atoms with Crippen molar-refractivity contribution < 1.29 is 21.6 Å². The van der Waals surface area contributed by atoms with Crippen LogP contribution >= 0.6 is 0 Å². The van der Waals surface area contributed by atoms with Gasteiger partial charge in [0.2, 0.25) is 10.0 Å². The Hall–Kier alpha value is -1.08. The molecule has 7 heteroatoms. The maximum absolute atomic E-state index is 12.9. The first kappa shape index (κ1) is 16.8. The molecule has 0 aromatic heterocycles. The van der Waals surface area contributed by atoms with Crippen molar-refractivity contribution in [1.82, 2.24) is 4.31 Å². The van der Waals surface area contributed by atoms with Gasteiger partial charge in [0.1, 0.15) is 0 Å². The predicted octanol–water partition coefficient (Wildman–Crippen LogP) is 3.90. The summed E-state index contributed by atoms with van der Waals surface area (Å²) in [6, 6.07) is 3.67. The molecule has 23 heavy (non-hydrogen) atoms. The van der Waals surface area contributed by atoms with Crippen LogP contribution in [0.3, 0.4) is 0 Å². The minimum Gasteiger partial charge on any atom is -0.207 e. The number of fused-ring (bicyclic) bond motifs is 2. The molecule has 2 aliphatic rings. The molecule has 1 aliphatic carbocycles. The van der Waals surface area contributed by atoms with E-state index in [0.29, 0.717) is 6.54 Å². The Morgan fingerprint density at radius 2 is 1.70 bits per heavy atom. The van der Waals surface area contributed by atoms with Crippen LogP contribution < -0.4 is 0 Å². The van der Waals surface area contributed by atoms with Gasteiger partial charge < -0.3 is 0 Å². The third-order valence-corrected chi connectivity index (χ3v) is 7.01. The Morgan fingerprint density at radius 3 is 2.13 bits per heavy atom. The highest BCUT2D eigenvalue weighted by Crippen LogP contribution is 2.57. The summed E-state index contributed by atoms with van der Waals surface area (Å²) in [5, 5.41) is 0. The molecule has 2 bridgehead atoms. The van der Waals surface area contributed by atoms with Crippen molar-refractivity contribution in [2.45, 2.75) is 50.7 Å². The number of hydrogen-bond acceptors (Lipinski definition) is 2. The van der Waals surface area contributed by atoms with Gasteiger partial charge in [-0.2, -0.15) is 17.5 Å². The Balaban J connectivity index is 1.94. The van der Waals surface area contributed by atoms with E-state index in [-0.39, 0.29) is 21.8 Å². The second kappa shape index (κ2) is 4.72. The van der Waals surface area contributed by atoms with Crippen molar-refractivity contribution in [3.05, 3.63) is 29.8 Å². The van der Waals surface area contributed by atoms with E-state index >= 15 is 0 Å². The zero-order valence-electron chi connectivity index (χ0n) is 13.3. The van der Waals surface area contributed by atoms with Gasteiger partial charge in [0, 0.05) is 12.6 Å². The van der Waals surface area contributed by atoms with Crippen LogP contribution in [0.1, 0.15) is 39.2 Å². The van der Waals surface area contributed by atoms with Gasteiger partial charge in [0.25, 0.3) is 0 Å². The molecule has 0 amide bonds. The fraction of sp³-hybridized carbons (Fsp3) is 0.625. The Bertz CT molecular complexity index is 722. The molecule has 1 aliphatic heterocycles. The second-order valence-corrected chi connectivity index (χ2v) is 9.66. The monoisotopic (exact) mass is 347 g/mol. The average Bonchev–Trinajstić information content (AvgIpc) is 2.87. The smallest absolute Gasteiger partial charge is 0.207 e. The molecule has 2 unspecified atom stereocenters. The lowest BCUT2D eigenvalue weighted by Gasteiger charge is -2.40. The van der Waals surface area contributed by atoms with Crippen LogP contribution in [-0.2, 0) is 16.2 Å². The van der Waals surface area contributed by atoms with Crippen LogP contribution in [0, 0.1) is 10.8 Å². The minimum absolute atomic E-state index is 0.0485. The highest BCUT2D eigenvalue weighted by molar-refractivity contribution is 7.89. The molecule has 0 spiro atoms. The predicted molar refractivity (Wildman–Crippen MR) is 80.2 cm³/mol. The Labute approximate surface area is 134 Å². The number of alkyl halides is 3. The summed E-state index contributed by atoms with van der Waals surface area (Å²) in [6.07, 6.45) is -2.70. The first-order valence-electron chi connectivity index (χ1n) is 7.54. The molecule has 1 heterocycles. The lowest BCUT2D eigenvalue weighted by Crippen LogP contribution is -2.47.